The van der Waals surface area contributed by atoms with E-state index in [1.165, 1.54) is 0 Å². The van der Waals surface area contributed by atoms with Crippen LogP contribution in [0.3, 0.4) is 0 Å². The molecule has 10 heteroatoms. The predicted octanol–water partition coefficient (Wildman–Crippen LogP) is 2.15. The molecule has 0 unspecified atom stereocenters. The Hall–Kier alpha value is -3.43. The number of nitrogens with one attached hydrogen (secondary N) is 2. The van der Waals surface area contributed by atoms with Gasteiger partial charge in [-0.05, 0) is 24.3 Å². The highest BCUT2D eigenvalue weighted by Gasteiger charge is 2.16. The second-order valence-electron chi connectivity index (χ2n) is 5.15. The smallest absolute Gasteiger partial charge is 0.341 e. The van der Waals surface area contributed by atoms with Crippen molar-refractivity contribution in [2.45, 2.75) is 0 Å². The monoisotopic (exact) mass is 384 g/mol. The van der Waals surface area contributed by atoms with Crippen LogP contribution in [0.25, 0.3) is 0 Å². The van der Waals surface area contributed by atoms with Gasteiger partial charge in [0.2, 0.25) is 5.91 Å². The quantitative estimate of drug-likeness (QED) is 0.591. The lowest BCUT2D eigenvalue weighted by molar-refractivity contribution is -0.126. The number of carbonyl (C=O) groups excluding carboxylic acids is 3. The average molecular weight is 384 g/mol. The molecule has 2 aromatic carbocycles. The highest BCUT2D eigenvalue weighted by atomic mass is 19.2. The van der Waals surface area contributed by atoms with Gasteiger partial charge in [0.05, 0.1) is 12.1 Å². The van der Waals surface area contributed by atoms with E-state index in [4.69, 9.17) is 0 Å². The summed E-state index contributed by atoms with van der Waals surface area (Å²) in [5.41, 5.74) is -0.577. The Kier molecular flexibility index (Phi) is 6.47. The molecule has 0 aromatic heterocycles. The Morgan fingerprint density at radius 2 is 1.59 bits per heavy atom. The van der Waals surface area contributed by atoms with E-state index in [2.05, 4.69) is 15.4 Å². The Balaban J connectivity index is 1.77. The molecule has 27 heavy (non-hydrogen) atoms. The molecule has 2 rings (SSSR count). The molecule has 0 saturated carbocycles. The van der Waals surface area contributed by atoms with Crippen molar-refractivity contribution in [3.8, 4) is 0 Å². The van der Waals surface area contributed by atoms with Crippen LogP contribution in [0.4, 0.5) is 23.2 Å². The topological polar surface area (TPSA) is 84.5 Å². The van der Waals surface area contributed by atoms with Gasteiger partial charge in [0.15, 0.2) is 18.2 Å². The number of hydrogen-bond acceptors (Lipinski definition) is 4. The predicted molar refractivity (Wildman–Crippen MR) is 84.6 cm³/mol. The first-order valence-electron chi connectivity index (χ1n) is 7.40. The van der Waals surface area contributed by atoms with Crippen LogP contribution in [0.5, 0.6) is 0 Å². The van der Waals surface area contributed by atoms with Crippen LogP contribution in [0.15, 0.2) is 36.4 Å². The number of halogens is 4. The van der Waals surface area contributed by atoms with Gasteiger partial charge in [-0.15, -0.1) is 0 Å². The van der Waals surface area contributed by atoms with Crippen molar-refractivity contribution in [1.82, 2.24) is 5.32 Å². The number of esters is 1. The molecule has 0 atom stereocenters. The van der Waals surface area contributed by atoms with Crippen molar-refractivity contribution in [1.29, 1.82) is 0 Å². The maximum Gasteiger partial charge on any atom is 0.341 e. The van der Waals surface area contributed by atoms with Gasteiger partial charge < -0.3 is 15.4 Å². The fourth-order valence-electron chi connectivity index (χ4n) is 1.87. The molecule has 6 nitrogen and oxygen atoms in total. The zero-order valence-electron chi connectivity index (χ0n) is 13.5. The van der Waals surface area contributed by atoms with Crippen molar-refractivity contribution < 1.29 is 36.7 Å². The third-order valence-electron chi connectivity index (χ3n) is 3.13. The number of carbonyl (C=O) groups is 3. The summed E-state index contributed by atoms with van der Waals surface area (Å²) in [6, 6.07) is 4.89. The van der Waals surface area contributed by atoms with Gasteiger partial charge in [0.25, 0.3) is 5.91 Å². The van der Waals surface area contributed by atoms with Crippen molar-refractivity contribution >= 4 is 23.5 Å². The largest absolute Gasteiger partial charge is 0.452 e. The van der Waals surface area contributed by atoms with E-state index in [-0.39, 0.29) is 5.69 Å². The van der Waals surface area contributed by atoms with Gasteiger partial charge in [-0.25, -0.2) is 22.4 Å². The minimum absolute atomic E-state index is 0.0219. The maximum atomic E-state index is 13.4. The average Bonchev–Trinajstić information content (AvgIpc) is 2.61. The lowest BCUT2D eigenvalue weighted by atomic mass is 10.2. The van der Waals surface area contributed by atoms with Crippen molar-refractivity contribution in [3.05, 3.63) is 65.2 Å². The van der Waals surface area contributed by atoms with Gasteiger partial charge >= 0.3 is 5.97 Å². The van der Waals surface area contributed by atoms with E-state index in [0.29, 0.717) is 6.07 Å². The molecular weight excluding hydrogens is 372 g/mol. The van der Waals surface area contributed by atoms with Gasteiger partial charge in [-0.2, -0.15) is 0 Å². The third-order valence-corrected chi connectivity index (χ3v) is 3.13. The summed E-state index contributed by atoms with van der Waals surface area (Å²) in [4.78, 5) is 34.8. The number of anilines is 1. The van der Waals surface area contributed by atoms with Crippen molar-refractivity contribution in [3.63, 3.8) is 0 Å². The molecule has 0 saturated heterocycles. The molecule has 142 valence electrons. The number of hydrogen-bond donors (Lipinski definition) is 2. The number of rotatable bonds is 6. The second-order valence-corrected chi connectivity index (χ2v) is 5.15. The van der Waals surface area contributed by atoms with E-state index in [0.717, 1.165) is 30.3 Å². The summed E-state index contributed by atoms with van der Waals surface area (Å²) in [5, 5.41) is 4.33. The van der Waals surface area contributed by atoms with Crippen molar-refractivity contribution in [2.24, 2.45) is 0 Å². The first-order chi connectivity index (χ1) is 12.8. The van der Waals surface area contributed by atoms with E-state index in [1.54, 1.807) is 0 Å². The molecule has 2 aromatic rings. The first-order valence-corrected chi connectivity index (χ1v) is 7.40. The molecule has 0 aliphatic rings. The summed E-state index contributed by atoms with van der Waals surface area (Å²) < 4.78 is 56.5. The normalized spacial score (nSPS) is 10.2. The standard InChI is InChI=1S/C17H12F4N2O4/c18-9-1-3-11(13(20)5-9)17(26)27-8-16(25)22-7-15(24)23-10-2-4-12(19)14(21)6-10/h1-6H,7-8H2,(H,22,25)(H,23,24). The Labute approximate surface area is 150 Å². The van der Waals surface area contributed by atoms with Crippen LogP contribution in [0, 0.1) is 23.3 Å². The molecule has 0 aliphatic heterocycles. The Bertz CT molecular complexity index is 889. The zero-order chi connectivity index (χ0) is 20.0. The van der Waals surface area contributed by atoms with Crippen molar-refractivity contribution in [2.75, 3.05) is 18.5 Å². The molecule has 2 N–H and O–H groups in total. The fraction of sp³-hybridized carbons (Fsp3) is 0.118. The molecule has 0 aliphatic carbocycles. The molecule has 0 bridgehead atoms. The second kappa shape index (κ2) is 8.79. The van der Waals surface area contributed by atoms with Crippen LogP contribution in [0.2, 0.25) is 0 Å². The summed E-state index contributed by atoms with van der Waals surface area (Å²) in [6.07, 6.45) is 0. The molecule has 0 fully saturated rings. The van der Waals surface area contributed by atoms with Gasteiger partial charge in [0, 0.05) is 17.8 Å². The highest BCUT2D eigenvalue weighted by molar-refractivity contribution is 5.95. The van der Waals surface area contributed by atoms with Gasteiger partial charge in [-0.1, -0.05) is 0 Å². The lowest BCUT2D eigenvalue weighted by Gasteiger charge is -2.08. The van der Waals surface area contributed by atoms with Crippen LogP contribution in [-0.2, 0) is 14.3 Å². The van der Waals surface area contributed by atoms with Crippen LogP contribution in [-0.4, -0.2) is 30.9 Å². The first kappa shape index (κ1) is 19.9. The van der Waals surface area contributed by atoms with E-state index < -0.39 is 59.8 Å². The maximum absolute atomic E-state index is 13.4. The third kappa shape index (κ3) is 5.80. The highest BCUT2D eigenvalue weighted by Crippen LogP contribution is 2.13. The van der Waals surface area contributed by atoms with Crippen LogP contribution in [0.1, 0.15) is 10.4 Å². The number of benzene rings is 2. The summed E-state index contributed by atoms with van der Waals surface area (Å²) in [7, 11) is 0. The Morgan fingerprint density at radius 3 is 2.26 bits per heavy atom. The molecular formula is C17H12F4N2O4. The molecule has 0 heterocycles. The zero-order valence-corrected chi connectivity index (χ0v) is 13.5. The van der Waals surface area contributed by atoms with Gasteiger partial charge in [-0.3, -0.25) is 9.59 Å². The minimum Gasteiger partial charge on any atom is -0.452 e. The molecule has 0 radical (unpaired) electrons. The van der Waals surface area contributed by atoms with Crippen LogP contribution >= 0.6 is 0 Å². The van der Waals surface area contributed by atoms with E-state index >= 15 is 0 Å². The Morgan fingerprint density at radius 1 is 0.852 bits per heavy atom. The molecule has 2 amide bonds. The summed E-state index contributed by atoms with van der Waals surface area (Å²) >= 11 is 0. The number of ether oxygens (including phenoxy) is 1. The SMILES string of the molecule is O=C(COC(=O)c1ccc(F)cc1F)NCC(=O)Nc1ccc(F)c(F)c1. The number of amides is 2. The van der Waals surface area contributed by atoms with Gasteiger partial charge in [0.1, 0.15) is 11.6 Å². The fourth-order valence-corrected chi connectivity index (χ4v) is 1.87. The lowest BCUT2D eigenvalue weighted by Crippen LogP contribution is -2.35. The molecule has 0 spiro atoms. The van der Waals surface area contributed by atoms with E-state index in [1.807, 2.05) is 0 Å². The minimum atomic E-state index is -1.19. The summed E-state index contributed by atoms with van der Waals surface area (Å²) in [5.74, 6) is -7.07. The van der Waals surface area contributed by atoms with Crippen LogP contribution < -0.4 is 10.6 Å². The van der Waals surface area contributed by atoms with E-state index in [9.17, 15) is 31.9 Å². The summed E-state index contributed by atoms with van der Waals surface area (Å²) in [6.45, 7) is -1.35.